The normalized spacial score (nSPS) is 10.2. The van der Waals surface area contributed by atoms with Crippen LogP contribution in [0.3, 0.4) is 0 Å². The lowest BCUT2D eigenvalue weighted by Gasteiger charge is -2.07. The number of nitrogens with one attached hydrogen (secondary N) is 1. The van der Waals surface area contributed by atoms with Gasteiger partial charge in [-0.15, -0.1) is 0 Å². The van der Waals surface area contributed by atoms with Crippen LogP contribution in [0.2, 0.25) is 0 Å². The fraction of sp³-hybridized carbons (Fsp3) is 0.214. The van der Waals surface area contributed by atoms with E-state index < -0.39 is 0 Å². The van der Waals surface area contributed by atoms with Crippen LogP contribution in [0, 0.1) is 0 Å². The van der Waals surface area contributed by atoms with Gasteiger partial charge >= 0.3 is 0 Å². The van der Waals surface area contributed by atoms with Crippen molar-refractivity contribution in [2.45, 2.75) is 13.3 Å². The summed E-state index contributed by atoms with van der Waals surface area (Å²) in [6, 6.07) is 11.6. The van der Waals surface area contributed by atoms with Crippen molar-refractivity contribution in [3.63, 3.8) is 0 Å². The van der Waals surface area contributed by atoms with Crippen LogP contribution in [-0.2, 0) is 13.5 Å². The Labute approximate surface area is 101 Å². The van der Waals surface area contributed by atoms with Gasteiger partial charge in [0.25, 0.3) is 5.91 Å². The number of rotatable bonds is 3. The highest BCUT2D eigenvalue weighted by molar-refractivity contribution is 6.03. The maximum Gasteiger partial charge on any atom is 0.272 e. The Kier molecular flexibility index (Phi) is 3.28. The molecule has 0 aliphatic heterocycles. The minimum Gasteiger partial charge on any atom is -0.347 e. The number of aryl methyl sites for hydroxylation is 2. The molecule has 3 heteroatoms. The third-order valence-electron chi connectivity index (χ3n) is 2.77. The van der Waals surface area contributed by atoms with Gasteiger partial charge in [-0.3, -0.25) is 4.79 Å². The predicted molar refractivity (Wildman–Crippen MR) is 69.2 cm³/mol. The Morgan fingerprint density at radius 2 is 2.12 bits per heavy atom. The molecule has 0 bridgehead atoms. The first-order valence-corrected chi connectivity index (χ1v) is 5.72. The quantitative estimate of drug-likeness (QED) is 0.861. The van der Waals surface area contributed by atoms with Gasteiger partial charge in [-0.25, -0.2) is 0 Å². The second kappa shape index (κ2) is 4.87. The third-order valence-corrected chi connectivity index (χ3v) is 2.77. The highest BCUT2D eigenvalue weighted by Gasteiger charge is 2.08. The van der Waals surface area contributed by atoms with Gasteiger partial charge in [0.15, 0.2) is 0 Å². The number of hydrogen-bond donors (Lipinski definition) is 1. The Morgan fingerprint density at radius 3 is 2.76 bits per heavy atom. The van der Waals surface area contributed by atoms with Crippen LogP contribution in [0.25, 0.3) is 0 Å². The molecule has 1 amide bonds. The summed E-state index contributed by atoms with van der Waals surface area (Å²) in [6.07, 6.45) is 2.82. The van der Waals surface area contributed by atoms with Crippen molar-refractivity contribution in [3.8, 4) is 0 Å². The lowest BCUT2D eigenvalue weighted by molar-refractivity contribution is 0.101. The van der Waals surface area contributed by atoms with E-state index in [1.165, 1.54) is 5.56 Å². The van der Waals surface area contributed by atoms with Crippen LogP contribution in [-0.4, -0.2) is 10.5 Å². The maximum atomic E-state index is 12.0. The topological polar surface area (TPSA) is 34.0 Å². The first kappa shape index (κ1) is 11.5. The van der Waals surface area contributed by atoms with Gasteiger partial charge in [0.2, 0.25) is 0 Å². The summed E-state index contributed by atoms with van der Waals surface area (Å²) < 4.78 is 1.80. The van der Waals surface area contributed by atoms with Crippen molar-refractivity contribution < 1.29 is 4.79 Å². The molecule has 0 radical (unpaired) electrons. The molecule has 17 heavy (non-hydrogen) atoms. The fourth-order valence-electron chi connectivity index (χ4n) is 1.76. The van der Waals surface area contributed by atoms with E-state index in [-0.39, 0.29) is 5.91 Å². The second-order valence-electron chi connectivity index (χ2n) is 4.01. The average molecular weight is 228 g/mol. The lowest BCUT2D eigenvalue weighted by Crippen LogP contribution is -2.15. The van der Waals surface area contributed by atoms with Crippen LogP contribution in [0.15, 0.2) is 42.6 Å². The summed E-state index contributed by atoms with van der Waals surface area (Å²) in [4.78, 5) is 12.0. The number of aromatic nitrogens is 1. The summed E-state index contributed by atoms with van der Waals surface area (Å²) in [5.74, 6) is -0.0780. The van der Waals surface area contributed by atoms with Crippen LogP contribution in [0.5, 0.6) is 0 Å². The summed E-state index contributed by atoms with van der Waals surface area (Å²) in [5.41, 5.74) is 2.72. The molecule has 1 N–H and O–H groups in total. The van der Waals surface area contributed by atoms with E-state index in [2.05, 4.69) is 18.3 Å². The Bertz CT molecular complexity index is 529. The first-order valence-electron chi connectivity index (χ1n) is 5.72. The molecule has 0 saturated carbocycles. The van der Waals surface area contributed by atoms with Crippen LogP contribution in [0.4, 0.5) is 5.69 Å². The molecular formula is C14H16N2O. The van der Waals surface area contributed by atoms with Crippen molar-refractivity contribution in [1.82, 2.24) is 4.57 Å². The summed E-state index contributed by atoms with van der Waals surface area (Å²) in [5, 5.41) is 2.90. The van der Waals surface area contributed by atoms with E-state index in [1.807, 2.05) is 37.5 Å². The predicted octanol–water partition coefficient (Wildman–Crippen LogP) is 2.84. The van der Waals surface area contributed by atoms with E-state index in [4.69, 9.17) is 0 Å². The second-order valence-corrected chi connectivity index (χ2v) is 4.01. The van der Waals surface area contributed by atoms with Gasteiger partial charge in [-0.2, -0.15) is 0 Å². The maximum absolute atomic E-state index is 12.0. The third kappa shape index (κ3) is 2.56. The highest BCUT2D eigenvalue weighted by Crippen LogP contribution is 2.12. The smallest absolute Gasteiger partial charge is 0.272 e. The summed E-state index contributed by atoms with van der Waals surface area (Å²) >= 11 is 0. The lowest BCUT2D eigenvalue weighted by atomic mass is 10.1. The Morgan fingerprint density at radius 1 is 1.29 bits per heavy atom. The zero-order chi connectivity index (χ0) is 12.3. The molecule has 0 saturated heterocycles. The van der Waals surface area contributed by atoms with E-state index in [9.17, 15) is 4.79 Å². The molecule has 1 heterocycles. The molecule has 0 aliphatic carbocycles. The van der Waals surface area contributed by atoms with E-state index >= 15 is 0 Å². The SMILES string of the molecule is CCc1cccc(NC(=O)c2cccn2C)c1. The van der Waals surface area contributed by atoms with Crippen LogP contribution in [0.1, 0.15) is 23.0 Å². The zero-order valence-electron chi connectivity index (χ0n) is 10.1. The molecule has 2 rings (SSSR count). The average Bonchev–Trinajstić information content (AvgIpc) is 2.76. The van der Waals surface area contributed by atoms with Crippen molar-refractivity contribution in [2.24, 2.45) is 7.05 Å². The number of carbonyl (C=O) groups excluding carboxylic acids is 1. The number of amides is 1. The molecule has 1 aromatic heterocycles. The molecule has 2 aromatic rings. The molecule has 1 aromatic carbocycles. The van der Waals surface area contributed by atoms with Crippen LogP contribution < -0.4 is 5.32 Å². The van der Waals surface area contributed by atoms with Crippen molar-refractivity contribution in [3.05, 3.63) is 53.9 Å². The van der Waals surface area contributed by atoms with E-state index in [0.29, 0.717) is 5.69 Å². The van der Waals surface area contributed by atoms with Gasteiger partial charge in [0.1, 0.15) is 5.69 Å². The van der Waals surface area contributed by atoms with Crippen molar-refractivity contribution in [1.29, 1.82) is 0 Å². The number of hydrogen-bond acceptors (Lipinski definition) is 1. The van der Waals surface area contributed by atoms with Crippen LogP contribution >= 0.6 is 0 Å². The highest BCUT2D eigenvalue weighted by atomic mass is 16.1. The van der Waals surface area contributed by atoms with Gasteiger partial charge in [0, 0.05) is 18.9 Å². The number of anilines is 1. The first-order chi connectivity index (χ1) is 8.20. The van der Waals surface area contributed by atoms with Gasteiger partial charge < -0.3 is 9.88 Å². The van der Waals surface area contributed by atoms with Gasteiger partial charge in [-0.1, -0.05) is 19.1 Å². The molecule has 0 aliphatic rings. The summed E-state index contributed by atoms with van der Waals surface area (Å²) in [6.45, 7) is 2.10. The van der Waals surface area contributed by atoms with E-state index in [1.54, 1.807) is 10.6 Å². The molecule has 0 spiro atoms. The van der Waals surface area contributed by atoms with E-state index in [0.717, 1.165) is 12.1 Å². The van der Waals surface area contributed by atoms with Crippen molar-refractivity contribution >= 4 is 11.6 Å². The van der Waals surface area contributed by atoms with Gasteiger partial charge in [-0.05, 0) is 36.2 Å². The standard InChI is InChI=1S/C14H16N2O/c1-3-11-6-4-7-12(10-11)15-14(17)13-8-5-9-16(13)2/h4-10H,3H2,1-2H3,(H,15,17). The Balaban J connectivity index is 2.16. The molecule has 0 fully saturated rings. The number of benzene rings is 1. The zero-order valence-corrected chi connectivity index (χ0v) is 10.1. The van der Waals surface area contributed by atoms with Gasteiger partial charge in [0.05, 0.1) is 0 Å². The fourth-order valence-corrected chi connectivity index (χ4v) is 1.76. The minimum atomic E-state index is -0.0780. The minimum absolute atomic E-state index is 0.0780. The molecule has 88 valence electrons. The molecular weight excluding hydrogens is 212 g/mol. The summed E-state index contributed by atoms with van der Waals surface area (Å²) in [7, 11) is 1.86. The largest absolute Gasteiger partial charge is 0.347 e. The monoisotopic (exact) mass is 228 g/mol. The number of carbonyl (C=O) groups is 1. The molecule has 3 nitrogen and oxygen atoms in total. The molecule has 0 unspecified atom stereocenters. The molecule has 0 atom stereocenters. The number of nitrogens with zero attached hydrogens (tertiary/aromatic N) is 1. The Hall–Kier alpha value is -2.03. The van der Waals surface area contributed by atoms with Crippen molar-refractivity contribution in [2.75, 3.05) is 5.32 Å².